The standard InChI is InChI=1S/C20H16ClN5O3S/c21-14-8-4-5-9-15(14)22-17(27)10-11-18-23-16(26-29-18)12-30-20-25-24-19(28-20)13-6-2-1-3-7-13/h1-9H,10-12H2,(H,22,27). The van der Waals surface area contributed by atoms with E-state index in [0.29, 0.717) is 45.7 Å². The maximum atomic E-state index is 12.1. The van der Waals surface area contributed by atoms with Crippen LogP contribution in [0.5, 0.6) is 0 Å². The zero-order valence-corrected chi connectivity index (χ0v) is 17.2. The predicted molar refractivity (Wildman–Crippen MR) is 112 cm³/mol. The van der Waals surface area contributed by atoms with Crippen LogP contribution in [-0.4, -0.2) is 26.2 Å². The molecule has 10 heteroatoms. The number of rotatable bonds is 8. The molecule has 1 N–H and O–H groups in total. The largest absolute Gasteiger partial charge is 0.411 e. The number of carbonyl (C=O) groups excluding carboxylic acids is 1. The van der Waals surface area contributed by atoms with E-state index < -0.39 is 0 Å². The molecule has 0 aliphatic heterocycles. The van der Waals surface area contributed by atoms with E-state index >= 15 is 0 Å². The number of amides is 1. The Morgan fingerprint density at radius 1 is 1.07 bits per heavy atom. The van der Waals surface area contributed by atoms with E-state index in [9.17, 15) is 4.79 Å². The first-order valence-electron chi connectivity index (χ1n) is 9.05. The van der Waals surface area contributed by atoms with E-state index in [2.05, 4.69) is 25.7 Å². The number of hydrogen-bond acceptors (Lipinski definition) is 8. The second kappa shape index (κ2) is 9.55. The highest BCUT2D eigenvalue weighted by molar-refractivity contribution is 7.98. The Hall–Kier alpha value is -3.17. The molecule has 2 aromatic heterocycles. The van der Waals surface area contributed by atoms with Gasteiger partial charge in [0, 0.05) is 18.4 Å². The number of benzene rings is 2. The Morgan fingerprint density at radius 3 is 2.70 bits per heavy atom. The van der Waals surface area contributed by atoms with Crippen LogP contribution in [0.1, 0.15) is 18.1 Å². The lowest BCUT2D eigenvalue weighted by atomic mass is 10.2. The van der Waals surface area contributed by atoms with Gasteiger partial charge < -0.3 is 14.3 Å². The molecule has 0 saturated carbocycles. The fourth-order valence-electron chi connectivity index (χ4n) is 2.54. The molecule has 0 aliphatic carbocycles. The average molecular weight is 442 g/mol. The van der Waals surface area contributed by atoms with Gasteiger partial charge in [-0.3, -0.25) is 4.79 Å². The summed E-state index contributed by atoms with van der Waals surface area (Å²) in [5.74, 6) is 1.55. The van der Waals surface area contributed by atoms with Crippen molar-refractivity contribution < 1.29 is 13.7 Å². The highest BCUT2D eigenvalue weighted by Gasteiger charge is 2.13. The molecule has 30 heavy (non-hydrogen) atoms. The number of hydrogen-bond donors (Lipinski definition) is 1. The third-order valence-corrected chi connectivity index (χ3v) is 5.12. The molecule has 0 saturated heterocycles. The van der Waals surface area contributed by atoms with Gasteiger partial charge in [0.25, 0.3) is 5.22 Å². The highest BCUT2D eigenvalue weighted by Crippen LogP contribution is 2.25. The molecular formula is C20H16ClN5O3S. The summed E-state index contributed by atoms with van der Waals surface area (Å²) in [5, 5.41) is 15.6. The maximum Gasteiger partial charge on any atom is 0.277 e. The van der Waals surface area contributed by atoms with Crippen LogP contribution in [-0.2, 0) is 17.0 Å². The van der Waals surface area contributed by atoms with Crippen LogP contribution in [0.4, 0.5) is 5.69 Å². The third-order valence-electron chi connectivity index (χ3n) is 3.98. The number of nitrogens with zero attached hydrogens (tertiary/aromatic N) is 4. The molecule has 1 amide bonds. The van der Waals surface area contributed by atoms with Crippen molar-refractivity contribution in [3.05, 3.63) is 71.3 Å². The summed E-state index contributed by atoms with van der Waals surface area (Å²) in [6, 6.07) is 16.6. The van der Waals surface area contributed by atoms with Gasteiger partial charge in [0.1, 0.15) is 0 Å². The van der Waals surface area contributed by atoms with E-state index in [1.807, 2.05) is 30.3 Å². The lowest BCUT2D eigenvalue weighted by molar-refractivity contribution is -0.116. The van der Waals surface area contributed by atoms with Gasteiger partial charge in [0.05, 0.1) is 16.5 Å². The van der Waals surface area contributed by atoms with Gasteiger partial charge in [-0.05, 0) is 24.3 Å². The van der Waals surface area contributed by atoms with E-state index in [-0.39, 0.29) is 12.3 Å². The van der Waals surface area contributed by atoms with Gasteiger partial charge in [-0.1, -0.05) is 58.9 Å². The monoisotopic (exact) mass is 441 g/mol. The van der Waals surface area contributed by atoms with Gasteiger partial charge >= 0.3 is 0 Å². The zero-order chi connectivity index (χ0) is 20.8. The topological polar surface area (TPSA) is 107 Å². The van der Waals surface area contributed by atoms with Crippen LogP contribution in [0.25, 0.3) is 11.5 Å². The minimum absolute atomic E-state index is 0.184. The number of aromatic nitrogens is 4. The summed E-state index contributed by atoms with van der Waals surface area (Å²) in [6.45, 7) is 0. The zero-order valence-electron chi connectivity index (χ0n) is 15.6. The molecule has 2 aromatic carbocycles. The smallest absolute Gasteiger partial charge is 0.277 e. The van der Waals surface area contributed by atoms with Crippen LogP contribution in [0.15, 0.2) is 68.8 Å². The number of thioether (sulfide) groups is 1. The lowest BCUT2D eigenvalue weighted by Gasteiger charge is -2.05. The summed E-state index contributed by atoms with van der Waals surface area (Å²) >= 11 is 7.35. The Morgan fingerprint density at radius 2 is 1.87 bits per heavy atom. The van der Waals surface area contributed by atoms with Crippen molar-refractivity contribution in [3.63, 3.8) is 0 Å². The Balaban J connectivity index is 1.26. The number of halogens is 1. The summed E-state index contributed by atoms with van der Waals surface area (Å²) in [6.07, 6.45) is 0.525. The summed E-state index contributed by atoms with van der Waals surface area (Å²) < 4.78 is 10.8. The van der Waals surface area contributed by atoms with E-state index in [1.54, 1.807) is 24.3 Å². The van der Waals surface area contributed by atoms with E-state index in [1.165, 1.54) is 11.8 Å². The van der Waals surface area contributed by atoms with Crippen molar-refractivity contribution >= 4 is 35.0 Å². The van der Waals surface area contributed by atoms with Gasteiger partial charge in [0.2, 0.25) is 17.7 Å². The fourth-order valence-corrected chi connectivity index (χ4v) is 3.33. The summed E-state index contributed by atoms with van der Waals surface area (Å²) in [7, 11) is 0. The van der Waals surface area contributed by atoms with E-state index in [4.69, 9.17) is 20.5 Å². The van der Waals surface area contributed by atoms with E-state index in [0.717, 1.165) is 5.56 Å². The van der Waals surface area contributed by atoms with Gasteiger partial charge in [-0.25, -0.2) is 0 Å². The molecule has 0 aliphatic rings. The van der Waals surface area contributed by atoms with Crippen molar-refractivity contribution in [2.75, 3.05) is 5.32 Å². The van der Waals surface area contributed by atoms with Crippen molar-refractivity contribution in [3.8, 4) is 11.5 Å². The highest BCUT2D eigenvalue weighted by atomic mass is 35.5. The van der Waals surface area contributed by atoms with Gasteiger partial charge in [-0.2, -0.15) is 4.98 Å². The molecule has 0 spiro atoms. The molecule has 0 fully saturated rings. The first kappa shape index (κ1) is 20.1. The maximum absolute atomic E-state index is 12.1. The molecule has 4 rings (SSSR count). The molecule has 0 radical (unpaired) electrons. The first-order chi connectivity index (χ1) is 14.7. The predicted octanol–water partition coefficient (Wildman–Crippen LogP) is 4.64. The first-order valence-corrected chi connectivity index (χ1v) is 10.4. The lowest BCUT2D eigenvalue weighted by Crippen LogP contribution is -2.12. The minimum atomic E-state index is -0.184. The molecule has 152 valence electrons. The second-order valence-electron chi connectivity index (χ2n) is 6.16. The van der Waals surface area contributed by atoms with Crippen molar-refractivity contribution in [2.45, 2.75) is 23.8 Å². The quantitative estimate of drug-likeness (QED) is 0.394. The number of aryl methyl sites for hydroxylation is 1. The normalized spacial score (nSPS) is 10.8. The van der Waals surface area contributed by atoms with Gasteiger partial charge in [-0.15, -0.1) is 10.2 Å². The number of carbonyl (C=O) groups is 1. The number of nitrogens with one attached hydrogen (secondary N) is 1. The third kappa shape index (κ3) is 5.25. The Kier molecular flexibility index (Phi) is 6.41. The molecule has 4 aromatic rings. The van der Waals surface area contributed by atoms with Crippen molar-refractivity contribution in [1.82, 2.24) is 20.3 Å². The SMILES string of the molecule is O=C(CCc1nc(CSc2nnc(-c3ccccc3)o2)no1)Nc1ccccc1Cl. The van der Waals surface area contributed by atoms with Crippen molar-refractivity contribution in [1.29, 1.82) is 0 Å². The molecule has 0 atom stereocenters. The fraction of sp³-hybridized carbons (Fsp3) is 0.150. The number of para-hydroxylation sites is 1. The number of anilines is 1. The molecular weight excluding hydrogens is 426 g/mol. The molecule has 8 nitrogen and oxygen atoms in total. The van der Waals surface area contributed by atoms with Crippen LogP contribution in [0, 0.1) is 0 Å². The summed E-state index contributed by atoms with van der Waals surface area (Å²) in [5.41, 5.74) is 1.43. The second-order valence-corrected chi connectivity index (χ2v) is 7.49. The minimum Gasteiger partial charge on any atom is -0.411 e. The van der Waals surface area contributed by atoms with Crippen molar-refractivity contribution in [2.24, 2.45) is 0 Å². The molecule has 0 unspecified atom stereocenters. The summed E-state index contributed by atoms with van der Waals surface area (Å²) in [4.78, 5) is 16.4. The van der Waals surface area contributed by atoms with Crippen LogP contribution in [0.3, 0.4) is 0 Å². The Bertz CT molecular complexity index is 1130. The van der Waals surface area contributed by atoms with Crippen LogP contribution < -0.4 is 5.32 Å². The Labute approximate surface area is 181 Å². The van der Waals surface area contributed by atoms with Gasteiger partial charge in [0.15, 0.2) is 5.82 Å². The molecule has 0 bridgehead atoms. The molecule has 2 heterocycles. The average Bonchev–Trinajstić information content (AvgIpc) is 3.43. The van der Waals surface area contributed by atoms with Crippen LogP contribution in [0.2, 0.25) is 5.02 Å². The van der Waals surface area contributed by atoms with Crippen LogP contribution >= 0.6 is 23.4 Å².